The predicted molar refractivity (Wildman–Crippen MR) is 235 cm³/mol. The van der Waals surface area contributed by atoms with Gasteiger partial charge in [-0.25, -0.2) is 9.78 Å². The van der Waals surface area contributed by atoms with Gasteiger partial charge in [0.15, 0.2) is 5.75 Å². The molecule has 0 radical (unpaired) electrons. The Morgan fingerprint density at radius 1 is 0.897 bits per heavy atom. The Morgan fingerprint density at radius 2 is 1.66 bits per heavy atom. The highest BCUT2D eigenvalue weighted by Gasteiger charge is 2.30. The molecule has 306 valence electrons. The molecule has 5 aromatic rings. The van der Waals surface area contributed by atoms with Gasteiger partial charge in [-0.05, 0) is 67.3 Å². The topological polar surface area (TPSA) is 147 Å². The minimum Gasteiger partial charge on any atom is -0.497 e. The number of benzene rings is 4. The van der Waals surface area contributed by atoms with Crippen molar-refractivity contribution in [3.63, 3.8) is 0 Å². The minimum absolute atomic E-state index is 0.0841. The third-order valence-electron chi connectivity index (χ3n) is 9.87. The number of hydrogen-bond acceptors (Lipinski definition) is 11. The molecule has 0 unspecified atom stereocenters. The van der Waals surface area contributed by atoms with E-state index in [2.05, 4.69) is 70.5 Å². The fraction of sp³-hybridized carbons (Fsp3) is 0.341. The number of aromatic nitrogens is 1. The summed E-state index contributed by atoms with van der Waals surface area (Å²) in [4.78, 5) is 33.6. The third-order valence-corrected chi connectivity index (χ3v) is 10.3. The first kappa shape index (κ1) is 41.9. The summed E-state index contributed by atoms with van der Waals surface area (Å²) in [5.41, 5.74) is 3.80. The zero-order valence-electron chi connectivity index (χ0n) is 34.4. The molecule has 1 aliphatic rings. The summed E-state index contributed by atoms with van der Waals surface area (Å²) in [6.45, 7) is 14.0. The Bertz CT molecular complexity index is 2260. The Hall–Kier alpha value is -5.70. The van der Waals surface area contributed by atoms with Crippen LogP contribution in [0, 0.1) is 0 Å². The summed E-state index contributed by atoms with van der Waals surface area (Å²) in [6, 6.07) is 23.7. The van der Waals surface area contributed by atoms with Gasteiger partial charge in [-0.3, -0.25) is 9.69 Å². The summed E-state index contributed by atoms with van der Waals surface area (Å²) in [6.07, 6.45) is 3.58. The molecule has 0 atom stereocenters. The number of pyridine rings is 1. The number of urea groups is 1. The van der Waals surface area contributed by atoms with Gasteiger partial charge >= 0.3 is 6.03 Å². The minimum atomic E-state index is -0.418. The summed E-state index contributed by atoms with van der Waals surface area (Å²) >= 11 is 1.45. The number of amides is 3. The molecule has 13 nitrogen and oxygen atoms in total. The van der Waals surface area contributed by atoms with Gasteiger partial charge in [0.25, 0.3) is 5.91 Å². The molecule has 14 heteroatoms. The quantitative estimate of drug-likeness (QED) is 0.0685. The van der Waals surface area contributed by atoms with Gasteiger partial charge in [-0.2, -0.15) is 0 Å². The number of fused-ring (bicyclic) bond motifs is 1. The lowest BCUT2D eigenvalue weighted by atomic mass is 9.86. The van der Waals surface area contributed by atoms with Crippen LogP contribution in [0.15, 0.2) is 85.1 Å². The highest BCUT2D eigenvalue weighted by atomic mass is 32.2. The number of carbonyl (C=O) groups is 2. The van der Waals surface area contributed by atoms with Crippen molar-refractivity contribution in [2.45, 2.75) is 45.6 Å². The number of nitrogens with zero attached hydrogens (tertiary/aromatic N) is 2. The normalized spacial score (nSPS) is 14.0. The summed E-state index contributed by atoms with van der Waals surface area (Å²) in [5.74, 6) is 2.50. The highest BCUT2D eigenvalue weighted by molar-refractivity contribution is 7.99. The van der Waals surface area contributed by atoms with E-state index in [4.69, 9.17) is 18.9 Å². The molecule has 2 heterocycles. The number of morpholine rings is 1. The highest BCUT2D eigenvalue weighted by Crippen LogP contribution is 2.40. The second-order valence-electron chi connectivity index (χ2n) is 15.6. The number of methoxy groups -OCH3 is 2. The van der Waals surface area contributed by atoms with E-state index in [9.17, 15) is 9.59 Å². The van der Waals surface area contributed by atoms with Gasteiger partial charge in [-0.1, -0.05) is 57.0 Å². The Labute approximate surface area is 344 Å². The van der Waals surface area contributed by atoms with E-state index in [0.717, 1.165) is 35.1 Å². The number of hydrogen-bond donors (Lipinski definition) is 5. The lowest BCUT2D eigenvalue weighted by molar-refractivity contribution is -0.0498. The smallest absolute Gasteiger partial charge is 0.323 e. The fourth-order valence-electron chi connectivity index (χ4n) is 6.76. The average Bonchev–Trinajstić information content (AvgIpc) is 3.19. The lowest BCUT2D eigenvalue weighted by Gasteiger charge is -2.42. The molecule has 58 heavy (non-hydrogen) atoms. The molecule has 1 saturated heterocycles. The van der Waals surface area contributed by atoms with Gasteiger partial charge in [0.1, 0.15) is 23.1 Å². The molecule has 1 aliphatic heterocycles. The molecule has 6 rings (SSSR count). The zero-order chi connectivity index (χ0) is 41.5. The predicted octanol–water partition coefficient (Wildman–Crippen LogP) is 9.26. The number of rotatable bonds is 14. The summed E-state index contributed by atoms with van der Waals surface area (Å²) in [5, 5.41) is 14.0. The maximum absolute atomic E-state index is 13.5. The summed E-state index contributed by atoms with van der Waals surface area (Å²) in [7, 11) is 3.15. The van der Waals surface area contributed by atoms with Crippen molar-refractivity contribution in [3.05, 3.63) is 96.2 Å². The van der Waals surface area contributed by atoms with E-state index in [1.54, 1.807) is 50.7 Å². The van der Waals surface area contributed by atoms with Gasteiger partial charge in [-0.15, -0.1) is 0 Å². The van der Waals surface area contributed by atoms with Gasteiger partial charge in [0.2, 0.25) is 0 Å². The van der Waals surface area contributed by atoms with Crippen molar-refractivity contribution in [1.82, 2.24) is 15.2 Å². The molecular weight excluding hydrogens is 755 g/mol. The molecule has 0 bridgehead atoms. The molecule has 4 aromatic carbocycles. The van der Waals surface area contributed by atoms with Crippen LogP contribution in [0.4, 0.5) is 33.4 Å². The first-order valence-corrected chi connectivity index (χ1v) is 20.3. The first-order valence-electron chi connectivity index (χ1n) is 19.1. The van der Waals surface area contributed by atoms with Crippen LogP contribution in [0.3, 0.4) is 0 Å². The van der Waals surface area contributed by atoms with Crippen molar-refractivity contribution >= 4 is 63.2 Å². The molecule has 0 saturated carbocycles. The van der Waals surface area contributed by atoms with E-state index in [-0.39, 0.29) is 16.9 Å². The van der Waals surface area contributed by atoms with E-state index >= 15 is 0 Å². The van der Waals surface area contributed by atoms with E-state index in [1.165, 1.54) is 11.9 Å². The zero-order valence-corrected chi connectivity index (χ0v) is 35.2. The van der Waals surface area contributed by atoms with Crippen molar-refractivity contribution < 1.29 is 28.5 Å². The molecule has 1 aromatic heterocycles. The van der Waals surface area contributed by atoms with Crippen molar-refractivity contribution in [1.29, 1.82) is 0 Å². The third kappa shape index (κ3) is 10.2. The molecule has 5 N–H and O–H groups in total. The van der Waals surface area contributed by atoms with Crippen LogP contribution in [0.25, 0.3) is 10.8 Å². The van der Waals surface area contributed by atoms with E-state index < -0.39 is 6.03 Å². The molecule has 0 aliphatic carbocycles. The molecule has 3 amide bonds. The summed E-state index contributed by atoms with van der Waals surface area (Å²) < 4.78 is 26.6. The van der Waals surface area contributed by atoms with Crippen molar-refractivity contribution in [2.24, 2.45) is 0 Å². The van der Waals surface area contributed by atoms with Crippen LogP contribution in [0.1, 0.15) is 50.5 Å². The standard InChI is InChI=1S/C44H53N7O6S/c1-43(2,3)29-23-36(40(55-7)37(24-29)50-58-8)49-42(53)48-35-13-14-38(34-12-10-9-11-33(34)35)57-31-15-16-45-39(26-31)47-30-21-28(22-32(25-30)54-6)41(52)46-17-18-51-19-20-56-27-44(51,4)5/h9-16,21-26,50H,17-20,27H2,1-8H3,(H,45,47)(H,46,52)(H2,48,49,53). The van der Waals surface area contributed by atoms with E-state index in [1.807, 2.05) is 54.8 Å². The van der Waals surface area contributed by atoms with Crippen LogP contribution in [-0.2, 0) is 10.2 Å². The largest absolute Gasteiger partial charge is 0.497 e. The maximum atomic E-state index is 13.5. The molecule has 0 spiro atoms. The Balaban J connectivity index is 1.15. The number of nitrogens with one attached hydrogen (secondary N) is 5. The second kappa shape index (κ2) is 18.3. The fourth-order valence-corrected chi connectivity index (χ4v) is 7.13. The van der Waals surface area contributed by atoms with E-state index in [0.29, 0.717) is 71.2 Å². The Morgan fingerprint density at radius 3 is 2.38 bits per heavy atom. The number of ether oxygens (including phenoxy) is 4. The van der Waals surface area contributed by atoms with Gasteiger partial charge < -0.3 is 44.9 Å². The average molecular weight is 808 g/mol. The molecule has 1 fully saturated rings. The van der Waals surface area contributed by atoms with Crippen molar-refractivity contribution in [3.8, 4) is 23.0 Å². The number of anilines is 5. The van der Waals surface area contributed by atoms with Crippen LogP contribution in [0.2, 0.25) is 0 Å². The number of carbonyl (C=O) groups excluding carboxylic acids is 2. The first-order chi connectivity index (χ1) is 27.8. The lowest BCUT2D eigenvalue weighted by Crippen LogP contribution is -2.54. The molecular formula is C44H53N7O6S. The van der Waals surface area contributed by atoms with Crippen LogP contribution in [-0.4, -0.2) is 80.7 Å². The Kier molecular flexibility index (Phi) is 13.2. The SMILES string of the molecule is COc1cc(Nc2cc(Oc3ccc(NC(=O)Nc4cc(C(C)(C)C)cc(NSC)c4OC)c4ccccc34)ccn2)cc(C(=O)NCCN2CCOCC2(C)C)c1. The van der Waals surface area contributed by atoms with Crippen molar-refractivity contribution in [2.75, 3.05) is 74.0 Å². The van der Waals surface area contributed by atoms with Gasteiger partial charge in [0, 0.05) is 71.8 Å². The van der Waals surface area contributed by atoms with Gasteiger partial charge in [0.05, 0.1) is 44.5 Å². The van der Waals surface area contributed by atoms with Crippen LogP contribution in [0.5, 0.6) is 23.0 Å². The maximum Gasteiger partial charge on any atom is 0.323 e. The van der Waals surface area contributed by atoms with Crippen LogP contribution >= 0.6 is 11.9 Å². The second-order valence-corrected chi connectivity index (χ2v) is 16.2. The van der Waals surface area contributed by atoms with Crippen LogP contribution < -0.4 is 40.2 Å². The monoisotopic (exact) mass is 807 g/mol.